The van der Waals surface area contributed by atoms with Crippen LogP contribution in [-0.2, 0) is 11.2 Å². The Balaban J connectivity index is 1.84. The first-order valence-corrected chi connectivity index (χ1v) is 7.24. The van der Waals surface area contributed by atoms with Crippen molar-refractivity contribution in [3.8, 4) is 0 Å². The molecule has 21 heavy (non-hydrogen) atoms. The molecular formula is C13H16F3N3OS. The van der Waals surface area contributed by atoms with E-state index in [-0.39, 0.29) is 12.6 Å². The number of nitrogens with zero attached hydrogens (tertiary/aromatic N) is 1. The fourth-order valence-electron chi connectivity index (χ4n) is 1.88. The first-order valence-electron chi connectivity index (χ1n) is 6.43. The van der Waals surface area contributed by atoms with Gasteiger partial charge in [-0.15, -0.1) is 11.3 Å². The van der Waals surface area contributed by atoms with Crippen LogP contribution in [0.4, 0.5) is 13.2 Å². The molecule has 1 atom stereocenters. The van der Waals surface area contributed by atoms with Gasteiger partial charge in [0, 0.05) is 19.1 Å². The SMILES string of the molecule is NNC(CCOCC(F)(F)F)Cc1nc2ccccc2s1. The molecule has 0 aliphatic rings. The van der Waals surface area contributed by atoms with Crippen molar-refractivity contribution in [1.82, 2.24) is 10.4 Å². The van der Waals surface area contributed by atoms with Crippen molar-refractivity contribution >= 4 is 21.6 Å². The summed E-state index contributed by atoms with van der Waals surface area (Å²) in [5, 5.41) is 0.898. The molecule has 0 saturated heterocycles. The van der Waals surface area contributed by atoms with Crippen LogP contribution >= 0.6 is 11.3 Å². The molecule has 3 N–H and O–H groups in total. The Morgan fingerprint density at radius 1 is 1.33 bits per heavy atom. The molecule has 0 spiro atoms. The third-order valence-electron chi connectivity index (χ3n) is 2.87. The quantitative estimate of drug-likeness (QED) is 0.468. The Labute approximate surface area is 124 Å². The summed E-state index contributed by atoms with van der Waals surface area (Å²) in [7, 11) is 0. The van der Waals surface area contributed by atoms with Crippen LogP contribution in [-0.4, -0.2) is 30.4 Å². The third kappa shape index (κ3) is 5.24. The first kappa shape index (κ1) is 16.2. The number of hydrogen-bond donors (Lipinski definition) is 2. The number of rotatable bonds is 7. The third-order valence-corrected chi connectivity index (χ3v) is 3.93. The van der Waals surface area contributed by atoms with Crippen LogP contribution in [0.1, 0.15) is 11.4 Å². The minimum Gasteiger partial charge on any atom is -0.372 e. The predicted molar refractivity (Wildman–Crippen MR) is 75.9 cm³/mol. The summed E-state index contributed by atoms with van der Waals surface area (Å²) in [4.78, 5) is 4.47. The van der Waals surface area contributed by atoms with Crippen molar-refractivity contribution in [2.45, 2.75) is 25.1 Å². The first-order chi connectivity index (χ1) is 9.98. The number of hydrogen-bond acceptors (Lipinski definition) is 5. The molecule has 1 aromatic heterocycles. The number of hydrazine groups is 1. The van der Waals surface area contributed by atoms with Crippen LogP contribution in [0.2, 0.25) is 0 Å². The maximum Gasteiger partial charge on any atom is 0.411 e. The van der Waals surface area contributed by atoms with Crippen LogP contribution in [0.15, 0.2) is 24.3 Å². The number of nitrogens with two attached hydrogens (primary N) is 1. The number of ether oxygens (including phenoxy) is 1. The minimum absolute atomic E-state index is 0.000722. The van der Waals surface area contributed by atoms with Gasteiger partial charge >= 0.3 is 6.18 Å². The van der Waals surface area contributed by atoms with Crippen molar-refractivity contribution in [3.05, 3.63) is 29.3 Å². The molecule has 0 radical (unpaired) electrons. The average Bonchev–Trinajstić information content (AvgIpc) is 2.83. The highest BCUT2D eigenvalue weighted by molar-refractivity contribution is 7.18. The molecule has 4 nitrogen and oxygen atoms in total. The van der Waals surface area contributed by atoms with E-state index in [1.807, 2.05) is 24.3 Å². The zero-order chi connectivity index (χ0) is 15.3. The van der Waals surface area contributed by atoms with Crippen LogP contribution in [0.25, 0.3) is 10.2 Å². The van der Waals surface area contributed by atoms with Gasteiger partial charge in [-0.1, -0.05) is 12.1 Å². The molecule has 1 aromatic carbocycles. The number of halogens is 3. The van der Waals surface area contributed by atoms with E-state index in [9.17, 15) is 13.2 Å². The van der Waals surface area contributed by atoms with E-state index in [1.54, 1.807) is 11.3 Å². The Morgan fingerprint density at radius 3 is 2.76 bits per heavy atom. The molecule has 0 aliphatic carbocycles. The highest BCUT2D eigenvalue weighted by atomic mass is 32.1. The number of nitrogens with one attached hydrogen (secondary N) is 1. The lowest BCUT2D eigenvalue weighted by Crippen LogP contribution is -2.37. The van der Waals surface area contributed by atoms with Crippen LogP contribution in [0.5, 0.6) is 0 Å². The van der Waals surface area contributed by atoms with Gasteiger partial charge < -0.3 is 4.74 Å². The number of para-hydroxylation sites is 1. The molecule has 8 heteroatoms. The van der Waals surface area contributed by atoms with Crippen molar-refractivity contribution in [1.29, 1.82) is 0 Å². The largest absolute Gasteiger partial charge is 0.411 e. The standard InChI is InChI=1S/C13H16F3N3OS/c14-13(15,16)8-20-6-5-9(19-17)7-12-18-10-3-1-2-4-11(10)21-12/h1-4,9,19H,5-8,17H2. The topological polar surface area (TPSA) is 60.2 Å². The van der Waals surface area contributed by atoms with Crippen molar-refractivity contribution in [3.63, 3.8) is 0 Å². The summed E-state index contributed by atoms with van der Waals surface area (Å²) in [6.07, 6.45) is -3.34. The van der Waals surface area contributed by atoms with E-state index < -0.39 is 12.8 Å². The monoisotopic (exact) mass is 319 g/mol. The molecule has 0 aliphatic heterocycles. The second-order valence-corrected chi connectivity index (χ2v) is 5.71. The van der Waals surface area contributed by atoms with Crippen molar-refractivity contribution in [2.24, 2.45) is 5.84 Å². The van der Waals surface area contributed by atoms with Gasteiger partial charge in [0.05, 0.1) is 15.2 Å². The summed E-state index contributed by atoms with van der Waals surface area (Å²) >= 11 is 1.56. The van der Waals surface area contributed by atoms with Crippen molar-refractivity contribution in [2.75, 3.05) is 13.2 Å². The maximum absolute atomic E-state index is 12.0. The van der Waals surface area contributed by atoms with Crippen LogP contribution in [0, 0.1) is 0 Å². The smallest absolute Gasteiger partial charge is 0.372 e. The van der Waals surface area contributed by atoms with Gasteiger partial charge in [-0.25, -0.2) is 4.98 Å². The Morgan fingerprint density at radius 2 is 2.10 bits per heavy atom. The number of benzene rings is 1. The number of fused-ring (bicyclic) bond motifs is 1. The number of aromatic nitrogens is 1. The van der Waals surface area contributed by atoms with Gasteiger partial charge in [-0.05, 0) is 18.6 Å². The van der Waals surface area contributed by atoms with E-state index in [0.717, 1.165) is 15.2 Å². The number of alkyl halides is 3. The lowest BCUT2D eigenvalue weighted by Gasteiger charge is -2.15. The fourth-order valence-corrected chi connectivity index (χ4v) is 2.92. The predicted octanol–water partition coefficient (Wildman–Crippen LogP) is 2.64. The Hall–Kier alpha value is -1.22. The van der Waals surface area contributed by atoms with E-state index in [4.69, 9.17) is 5.84 Å². The molecule has 116 valence electrons. The average molecular weight is 319 g/mol. The van der Waals surface area contributed by atoms with Gasteiger partial charge in [0.2, 0.25) is 0 Å². The van der Waals surface area contributed by atoms with E-state index >= 15 is 0 Å². The molecule has 0 fully saturated rings. The van der Waals surface area contributed by atoms with Gasteiger partial charge in [0.1, 0.15) is 6.61 Å². The van der Waals surface area contributed by atoms with Gasteiger partial charge in [0.15, 0.2) is 0 Å². The summed E-state index contributed by atoms with van der Waals surface area (Å²) < 4.78 is 41.5. The second-order valence-electron chi connectivity index (χ2n) is 4.60. The molecule has 0 bridgehead atoms. The molecule has 2 aromatic rings. The van der Waals surface area contributed by atoms with Crippen LogP contribution in [0.3, 0.4) is 0 Å². The van der Waals surface area contributed by atoms with Crippen LogP contribution < -0.4 is 11.3 Å². The number of thiazole rings is 1. The summed E-state index contributed by atoms with van der Waals surface area (Å²) in [5.74, 6) is 5.43. The fraction of sp³-hybridized carbons (Fsp3) is 0.462. The molecule has 1 heterocycles. The zero-order valence-electron chi connectivity index (χ0n) is 11.2. The molecule has 1 unspecified atom stereocenters. The Kier molecular flexibility index (Phi) is 5.51. The van der Waals surface area contributed by atoms with E-state index in [2.05, 4.69) is 15.1 Å². The van der Waals surface area contributed by atoms with Gasteiger partial charge in [0.25, 0.3) is 0 Å². The Bertz CT molecular complexity index is 540. The zero-order valence-corrected chi connectivity index (χ0v) is 12.0. The molecule has 2 rings (SSSR count). The summed E-state index contributed by atoms with van der Waals surface area (Å²) in [6, 6.07) is 7.59. The second kappa shape index (κ2) is 7.17. The summed E-state index contributed by atoms with van der Waals surface area (Å²) in [5.41, 5.74) is 3.52. The molecule has 0 saturated carbocycles. The molecular weight excluding hydrogens is 303 g/mol. The highest BCUT2D eigenvalue weighted by Gasteiger charge is 2.27. The van der Waals surface area contributed by atoms with E-state index in [0.29, 0.717) is 12.8 Å². The van der Waals surface area contributed by atoms with Gasteiger partial charge in [-0.2, -0.15) is 13.2 Å². The lowest BCUT2D eigenvalue weighted by molar-refractivity contribution is -0.174. The molecule has 0 amide bonds. The van der Waals surface area contributed by atoms with Crippen molar-refractivity contribution < 1.29 is 17.9 Å². The van der Waals surface area contributed by atoms with Gasteiger partial charge in [-0.3, -0.25) is 11.3 Å². The normalized spacial score (nSPS) is 13.7. The maximum atomic E-state index is 12.0. The minimum atomic E-state index is -4.29. The van der Waals surface area contributed by atoms with E-state index in [1.165, 1.54) is 0 Å². The summed E-state index contributed by atoms with van der Waals surface area (Å²) in [6.45, 7) is -1.23. The highest BCUT2D eigenvalue weighted by Crippen LogP contribution is 2.23. The lowest BCUT2D eigenvalue weighted by atomic mass is 10.1.